The highest BCUT2D eigenvalue weighted by Crippen LogP contribution is 2.22. The van der Waals surface area contributed by atoms with Gasteiger partial charge >= 0.3 is 0 Å². The second-order valence-corrected chi connectivity index (χ2v) is 5.14. The molecule has 1 atom stereocenters. The maximum atomic E-state index is 12.2. The average Bonchev–Trinajstić information content (AvgIpc) is 3.05. The number of likely N-dealkylation sites (tertiary alicyclic amines) is 1. The van der Waals surface area contributed by atoms with Crippen molar-refractivity contribution in [2.75, 3.05) is 24.1 Å². The van der Waals surface area contributed by atoms with Crippen molar-refractivity contribution in [2.24, 2.45) is 0 Å². The van der Waals surface area contributed by atoms with E-state index in [0.717, 1.165) is 31.4 Å². The minimum Gasteiger partial charge on any atom is -0.423 e. The van der Waals surface area contributed by atoms with Crippen LogP contribution in [0.2, 0.25) is 0 Å². The Morgan fingerprint density at radius 2 is 2.20 bits per heavy atom. The predicted molar refractivity (Wildman–Crippen MR) is 77.3 cm³/mol. The Morgan fingerprint density at radius 1 is 1.45 bits per heavy atom. The number of nitrogen functional groups attached to an aromatic ring is 1. The van der Waals surface area contributed by atoms with E-state index in [-0.39, 0.29) is 11.9 Å². The lowest BCUT2D eigenvalue weighted by Gasteiger charge is -2.20. The number of benzene rings is 1. The molecule has 2 heterocycles. The molecule has 1 saturated heterocycles. The molecule has 1 amide bonds. The van der Waals surface area contributed by atoms with E-state index in [1.54, 1.807) is 18.2 Å². The molecule has 1 aliphatic rings. The Labute approximate surface area is 116 Å². The van der Waals surface area contributed by atoms with Gasteiger partial charge in [0.1, 0.15) is 11.6 Å². The van der Waals surface area contributed by atoms with E-state index in [1.165, 1.54) is 0 Å². The molecule has 20 heavy (non-hydrogen) atoms. The third kappa shape index (κ3) is 2.41. The predicted octanol–water partition coefficient (Wildman–Crippen LogP) is 1.83. The molecule has 1 fully saturated rings. The van der Waals surface area contributed by atoms with Crippen molar-refractivity contribution in [3.8, 4) is 0 Å². The van der Waals surface area contributed by atoms with Crippen molar-refractivity contribution in [3.63, 3.8) is 0 Å². The zero-order chi connectivity index (χ0) is 14.1. The third-order valence-electron chi connectivity index (χ3n) is 3.54. The second-order valence-electron chi connectivity index (χ2n) is 5.14. The van der Waals surface area contributed by atoms with Gasteiger partial charge < -0.3 is 20.4 Å². The van der Waals surface area contributed by atoms with Gasteiger partial charge in [0.15, 0.2) is 5.58 Å². The number of nitrogens with one attached hydrogen (secondary N) is 1. The van der Waals surface area contributed by atoms with E-state index in [9.17, 15) is 4.79 Å². The fourth-order valence-electron chi connectivity index (χ4n) is 2.46. The Bertz CT molecular complexity index is 631. The fraction of sp³-hybridized carbons (Fsp3) is 0.429. The summed E-state index contributed by atoms with van der Waals surface area (Å²) in [5.41, 5.74) is 7.67. The Balaban J connectivity index is 1.73. The first kappa shape index (κ1) is 12.8. The molecule has 0 saturated carbocycles. The smallest absolute Gasteiger partial charge is 0.296 e. The highest BCUT2D eigenvalue weighted by atomic mass is 16.4. The lowest BCUT2D eigenvalue weighted by molar-refractivity contribution is -0.130. The van der Waals surface area contributed by atoms with Crippen LogP contribution >= 0.6 is 0 Å². The summed E-state index contributed by atoms with van der Waals surface area (Å²) in [5.74, 6) is 0.0873. The number of anilines is 2. The SMILES string of the molecule is CC(Nc1nc2ccc(N)cc2o1)C(=O)N1CCCC1. The number of rotatable bonds is 3. The van der Waals surface area contributed by atoms with E-state index >= 15 is 0 Å². The minimum absolute atomic E-state index is 0.0873. The highest BCUT2D eigenvalue weighted by molar-refractivity contribution is 5.84. The number of amides is 1. The molecule has 106 valence electrons. The normalized spacial score (nSPS) is 16.6. The van der Waals surface area contributed by atoms with Crippen LogP contribution in [0.15, 0.2) is 22.6 Å². The third-order valence-corrected chi connectivity index (χ3v) is 3.54. The van der Waals surface area contributed by atoms with Crippen molar-refractivity contribution in [1.82, 2.24) is 9.88 Å². The Morgan fingerprint density at radius 3 is 2.95 bits per heavy atom. The van der Waals surface area contributed by atoms with E-state index in [4.69, 9.17) is 10.2 Å². The van der Waals surface area contributed by atoms with Gasteiger partial charge in [0.25, 0.3) is 6.01 Å². The summed E-state index contributed by atoms with van der Waals surface area (Å²) in [5, 5.41) is 3.02. The van der Waals surface area contributed by atoms with Gasteiger partial charge in [0, 0.05) is 24.8 Å². The largest absolute Gasteiger partial charge is 0.423 e. The first-order valence-electron chi connectivity index (χ1n) is 6.85. The van der Waals surface area contributed by atoms with Crippen LogP contribution in [0, 0.1) is 0 Å². The molecule has 2 aromatic rings. The molecule has 6 nitrogen and oxygen atoms in total. The van der Waals surface area contributed by atoms with Crippen LogP contribution in [0.4, 0.5) is 11.7 Å². The van der Waals surface area contributed by atoms with Crippen LogP contribution < -0.4 is 11.1 Å². The monoisotopic (exact) mass is 274 g/mol. The zero-order valence-corrected chi connectivity index (χ0v) is 11.4. The van der Waals surface area contributed by atoms with Crippen LogP contribution in [0.25, 0.3) is 11.1 Å². The van der Waals surface area contributed by atoms with Gasteiger partial charge in [-0.2, -0.15) is 4.98 Å². The van der Waals surface area contributed by atoms with Crippen molar-refractivity contribution >= 4 is 28.7 Å². The summed E-state index contributed by atoms with van der Waals surface area (Å²) in [7, 11) is 0. The van der Waals surface area contributed by atoms with Gasteiger partial charge in [0.2, 0.25) is 5.91 Å². The summed E-state index contributed by atoms with van der Waals surface area (Å²) in [6, 6.07) is 5.30. The molecular weight excluding hydrogens is 256 g/mol. The summed E-state index contributed by atoms with van der Waals surface area (Å²) in [6.07, 6.45) is 2.17. The molecule has 1 unspecified atom stereocenters. The van der Waals surface area contributed by atoms with Gasteiger partial charge in [-0.3, -0.25) is 4.79 Å². The maximum Gasteiger partial charge on any atom is 0.296 e. The number of hydrogen-bond acceptors (Lipinski definition) is 5. The van der Waals surface area contributed by atoms with Gasteiger partial charge in [-0.05, 0) is 31.9 Å². The van der Waals surface area contributed by atoms with Crippen molar-refractivity contribution < 1.29 is 9.21 Å². The summed E-state index contributed by atoms with van der Waals surface area (Å²) >= 11 is 0. The molecule has 6 heteroatoms. The number of carbonyl (C=O) groups is 1. The highest BCUT2D eigenvalue weighted by Gasteiger charge is 2.24. The van der Waals surface area contributed by atoms with Crippen molar-refractivity contribution in [1.29, 1.82) is 0 Å². The number of oxazole rings is 1. The van der Waals surface area contributed by atoms with Gasteiger partial charge in [-0.25, -0.2) is 0 Å². The molecule has 0 radical (unpaired) electrons. The van der Waals surface area contributed by atoms with Crippen LogP contribution in [-0.2, 0) is 4.79 Å². The molecule has 0 aliphatic carbocycles. The topological polar surface area (TPSA) is 84.4 Å². The van der Waals surface area contributed by atoms with Crippen LogP contribution in [0.5, 0.6) is 0 Å². The Hall–Kier alpha value is -2.24. The number of aromatic nitrogens is 1. The number of nitrogens with two attached hydrogens (primary N) is 1. The molecule has 0 spiro atoms. The first-order chi connectivity index (χ1) is 9.63. The van der Waals surface area contributed by atoms with Gasteiger partial charge in [-0.15, -0.1) is 0 Å². The first-order valence-corrected chi connectivity index (χ1v) is 6.85. The standard InChI is InChI=1S/C14H18N4O2/c1-9(13(19)18-6-2-3-7-18)16-14-17-11-5-4-10(15)8-12(11)20-14/h4-5,8-9H,2-3,6-7,15H2,1H3,(H,16,17). The van der Waals surface area contributed by atoms with E-state index in [1.807, 2.05) is 11.8 Å². The average molecular weight is 274 g/mol. The number of nitrogens with zero attached hydrogens (tertiary/aromatic N) is 2. The van der Waals surface area contributed by atoms with Crippen molar-refractivity contribution in [3.05, 3.63) is 18.2 Å². The molecule has 1 aromatic carbocycles. The van der Waals surface area contributed by atoms with E-state index in [2.05, 4.69) is 10.3 Å². The van der Waals surface area contributed by atoms with Crippen LogP contribution in [-0.4, -0.2) is 34.9 Å². The molecular formula is C14H18N4O2. The van der Waals surface area contributed by atoms with Crippen molar-refractivity contribution in [2.45, 2.75) is 25.8 Å². The maximum absolute atomic E-state index is 12.2. The minimum atomic E-state index is -0.349. The molecule has 1 aromatic heterocycles. The summed E-state index contributed by atoms with van der Waals surface area (Å²) in [6.45, 7) is 3.51. The summed E-state index contributed by atoms with van der Waals surface area (Å²) < 4.78 is 5.56. The number of hydrogen-bond donors (Lipinski definition) is 2. The zero-order valence-electron chi connectivity index (χ0n) is 11.4. The van der Waals surface area contributed by atoms with Crippen LogP contribution in [0.1, 0.15) is 19.8 Å². The second kappa shape index (κ2) is 5.03. The summed E-state index contributed by atoms with van der Waals surface area (Å²) in [4.78, 5) is 18.4. The fourth-order valence-corrected chi connectivity index (χ4v) is 2.46. The molecule has 3 N–H and O–H groups in total. The molecule has 0 bridgehead atoms. The van der Waals surface area contributed by atoms with Gasteiger partial charge in [-0.1, -0.05) is 0 Å². The lowest BCUT2D eigenvalue weighted by Crippen LogP contribution is -2.39. The Kier molecular flexibility index (Phi) is 3.22. The van der Waals surface area contributed by atoms with Gasteiger partial charge in [0.05, 0.1) is 0 Å². The van der Waals surface area contributed by atoms with Crippen LogP contribution in [0.3, 0.4) is 0 Å². The van der Waals surface area contributed by atoms with E-state index in [0.29, 0.717) is 17.3 Å². The molecule has 1 aliphatic heterocycles. The quantitative estimate of drug-likeness (QED) is 0.834. The number of fused-ring (bicyclic) bond motifs is 1. The lowest BCUT2D eigenvalue weighted by atomic mass is 10.3. The number of carbonyl (C=O) groups excluding carboxylic acids is 1. The van der Waals surface area contributed by atoms with E-state index < -0.39 is 0 Å². The molecule has 3 rings (SSSR count).